The molecule has 4 rings (SSSR count). The van der Waals surface area contributed by atoms with Crippen LogP contribution in [-0.2, 0) is 13.6 Å². The van der Waals surface area contributed by atoms with E-state index in [4.69, 9.17) is 0 Å². The number of fused-ring (bicyclic) bond motifs is 3. The summed E-state index contributed by atoms with van der Waals surface area (Å²) in [7, 11) is 1.58. The lowest BCUT2D eigenvalue weighted by Crippen LogP contribution is -2.29. The van der Waals surface area contributed by atoms with Crippen LogP contribution in [0, 0.1) is 11.7 Å². The van der Waals surface area contributed by atoms with Gasteiger partial charge in [0.1, 0.15) is 5.82 Å². The number of imidazole rings is 1. The summed E-state index contributed by atoms with van der Waals surface area (Å²) in [6, 6.07) is 5.85. The normalized spacial score (nSPS) is 11.9. The van der Waals surface area contributed by atoms with E-state index in [1.54, 1.807) is 28.1 Å². The van der Waals surface area contributed by atoms with Gasteiger partial charge in [-0.1, -0.05) is 13.8 Å². The van der Waals surface area contributed by atoms with Crippen molar-refractivity contribution >= 4 is 16.9 Å². The van der Waals surface area contributed by atoms with Crippen LogP contribution in [0.1, 0.15) is 20.3 Å². The van der Waals surface area contributed by atoms with Gasteiger partial charge in [-0.3, -0.25) is 14.3 Å². The molecule has 0 aliphatic carbocycles. The molecule has 0 aliphatic heterocycles. The number of rotatable bonds is 4. The van der Waals surface area contributed by atoms with Crippen LogP contribution in [0.5, 0.6) is 0 Å². The second-order valence-electron chi connectivity index (χ2n) is 6.99. The van der Waals surface area contributed by atoms with Gasteiger partial charge < -0.3 is 4.57 Å². The van der Waals surface area contributed by atoms with Crippen LogP contribution in [0.15, 0.2) is 33.9 Å². The summed E-state index contributed by atoms with van der Waals surface area (Å²) < 4.78 is 18.1. The van der Waals surface area contributed by atoms with Crippen molar-refractivity contribution < 1.29 is 4.39 Å². The molecule has 3 aromatic heterocycles. The summed E-state index contributed by atoms with van der Waals surface area (Å²) in [5.74, 6) is 0.979. The molecule has 3 heterocycles. The number of halogens is 1. The molecule has 8 nitrogen and oxygen atoms in total. The molecule has 1 aromatic carbocycles. The fourth-order valence-electron chi connectivity index (χ4n) is 3.23. The highest BCUT2D eigenvalue weighted by Gasteiger charge is 2.22. The van der Waals surface area contributed by atoms with Crippen LogP contribution in [0.4, 0.5) is 4.39 Å². The quantitative estimate of drug-likeness (QED) is 0.594. The maximum atomic E-state index is 13.3. The van der Waals surface area contributed by atoms with Gasteiger partial charge in [-0.2, -0.15) is 0 Å². The van der Waals surface area contributed by atoms with Crippen molar-refractivity contribution in [3.63, 3.8) is 0 Å². The molecule has 0 radical (unpaired) electrons. The van der Waals surface area contributed by atoms with Crippen LogP contribution >= 0.6 is 0 Å². The van der Waals surface area contributed by atoms with Crippen molar-refractivity contribution in [2.45, 2.75) is 26.8 Å². The zero-order valence-corrected chi connectivity index (χ0v) is 15.2. The van der Waals surface area contributed by atoms with Gasteiger partial charge in [0.25, 0.3) is 5.56 Å². The molecule has 140 valence electrons. The van der Waals surface area contributed by atoms with Crippen LogP contribution < -0.4 is 11.2 Å². The Kier molecular flexibility index (Phi) is 3.94. The Morgan fingerprint density at radius 2 is 1.85 bits per heavy atom. The molecule has 0 saturated carbocycles. The predicted molar refractivity (Wildman–Crippen MR) is 99.2 cm³/mol. The van der Waals surface area contributed by atoms with E-state index in [1.165, 1.54) is 16.7 Å². The molecule has 0 amide bonds. The number of nitrogens with zero attached hydrogens (tertiary/aromatic N) is 5. The minimum atomic E-state index is -0.519. The Balaban J connectivity index is 2.11. The zero-order valence-electron chi connectivity index (χ0n) is 15.2. The minimum Gasteiger partial charge on any atom is -0.302 e. The van der Waals surface area contributed by atoms with Gasteiger partial charge >= 0.3 is 5.69 Å². The lowest BCUT2D eigenvalue weighted by molar-refractivity contribution is 0.527. The van der Waals surface area contributed by atoms with Crippen molar-refractivity contribution in [2.24, 2.45) is 13.0 Å². The highest BCUT2D eigenvalue weighted by Crippen LogP contribution is 2.24. The highest BCUT2D eigenvalue weighted by atomic mass is 19.1. The first kappa shape index (κ1) is 17.2. The van der Waals surface area contributed by atoms with E-state index in [0.29, 0.717) is 40.8 Å². The summed E-state index contributed by atoms with van der Waals surface area (Å²) in [6.45, 7) is 4.75. The average molecular weight is 370 g/mol. The lowest BCUT2D eigenvalue weighted by Gasteiger charge is -2.07. The zero-order chi connectivity index (χ0) is 19.3. The van der Waals surface area contributed by atoms with Crippen molar-refractivity contribution in [3.8, 4) is 11.4 Å². The second-order valence-corrected chi connectivity index (χ2v) is 6.99. The van der Waals surface area contributed by atoms with Crippen LogP contribution in [0.25, 0.3) is 28.3 Å². The maximum Gasteiger partial charge on any atom is 0.329 e. The predicted octanol–water partition coefficient (Wildman–Crippen LogP) is 1.92. The molecule has 0 spiro atoms. The fraction of sp³-hybridized carbons (Fsp3) is 0.333. The lowest BCUT2D eigenvalue weighted by atomic mass is 10.1. The minimum absolute atomic E-state index is 0.359. The molecule has 0 atom stereocenters. The first-order valence-electron chi connectivity index (χ1n) is 8.71. The Hall–Kier alpha value is -3.23. The van der Waals surface area contributed by atoms with Crippen LogP contribution in [0.3, 0.4) is 0 Å². The Morgan fingerprint density at radius 3 is 2.52 bits per heavy atom. The Morgan fingerprint density at radius 1 is 1.15 bits per heavy atom. The number of aromatic amines is 1. The summed E-state index contributed by atoms with van der Waals surface area (Å²) in [5.41, 5.74) is 0.430. The van der Waals surface area contributed by atoms with Gasteiger partial charge in [0.15, 0.2) is 17.0 Å². The average Bonchev–Trinajstić information content (AvgIpc) is 3.17. The summed E-state index contributed by atoms with van der Waals surface area (Å²) >= 11 is 0. The Labute approximate surface area is 152 Å². The smallest absolute Gasteiger partial charge is 0.302 e. The van der Waals surface area contributed by atoms with Crippen molar-refractivity contribution in [1.82, 2.24) is 28.7 Å². The van der Waals surface area contributed by atoms with Crippen molar-refractivity contribution in [2.75, 3.05) is 0 Å². The molecule has 0 bridgehead atoms. The molecule has 1 N–H and O–H groups in total. The van der Waals surface area contributed by atoms with E-state index in [-0.39, 0.29) is 5.82 Å². The van der Waals surface area contributed by atoms with Gasteiger partial charge in [0, 0.05) is 19.2 Å². The van der Waals surface area contributed by atoms with E-state index in [1.807, 2.05) is 0 Å². The standard InChI is InChI=1S/C18H19FN6O2/c1-10(2)8-9-24-13-15(26)20-18(27)23(3)16(13)25-14(21-22-17(24)25)11-4-6-12(19)7-5-11/h4-7,10H,8-9H2,1-3H3,(H,20,26,27). The van der Waals surface area contributed by atoms with E-state index in [9.17, 15) is 14.0 Å². The molecule has 0 aliphatic rings. The van der Waals surface area contributed by atoms with E-state index >= 15 is 0 Å². The molecular weight excluding hydrogens is 351 g/mol. The van der Waals surface area contributed by atoms with Crippen LogP contribution in [-0.4, -0.2) is 28.7 Å². The Bertz CT molecular complexity index is 1260. The molecule has 4 aromatic rings. The van der Waals surface area contributed by atoms with E-state index in [0.717, 1.165) is 6.42 Å². The topological polar surface area (TPSA) is 90.0 Å². The van der Waals surface area contributed by atoms with Gasteiger partial charge in [-0.05, 0) is 36.6 Å². The maximum absolute atomic E-state index is 13.3. The number of H-pyrrole nitrogens is 1. The third kappa shape index (κ3) is 2.66. The number of aryl methyl sites for hydroxylation is 2. The molecule has 0 saturated heterocycles. The molecule has 9 heteroatoms. The highest BCUT2D eigenvalue weighted by molar-refractivity contribution is 5.79. The summed E-state index contributed by atoms with van der Waals surface area (Å²) in [4.78, 5) is 27.1. The summed E-state index contributed by atoms with van der Waals surface area (Å²) in [6.07, 6.45) is 0.834. The van der Waals surface area contributed by atoms with E-state index < -0.39 is 11.2 Å². The van der Waals surface area contributed by atoms with Crippen LogP contribution in [0.2, 0.25) is 0 Å². The number of benzene rings is 1. The molecule has 27 heavy (non-hydrogen) atoms. The van der Waals surface area contributed by atoms with Crippen molar-refractivity contribution in [1.29, 1.82) is 0 Å². The first-order chi connectivity index (χ1) is 12.9. The number of hydrogen-bond donors (Lipinski definition) is 1. The number of nitrogens with one attached hydrogen (secondary N) is 1. The van der Waals surface area contributed by atoms with Gasteiger partial charge in [-0.15, -0.1) is 10.2 Å². The third-order valence-corrected chi connectivity index (χ3v) is 4.67. The SMILES string of the molecule is CC(C)CCn1c2c(=O)[nH]c(=O)n(C)c2n2c(-c3ccc(F)cc3)nnc12. The van der Waals surface area contributed by atoms with Gasteiger partial charge in [0.05, 0.1) is 0 Å². The second kappa shape index (κ2) is 6.19. The molecule has 0 unspecified atom stereocenters. The van der Waals surface area contributed by atoms with E-state index in [2.05, 4.69) is 29.0 Å². The van der Waals surface area contributed by atoms with Crippen molar-refractivity contribution in [3.05, 3.63) is 50.9 Å². The number of aromatic nitrogens is 6. The molecular formula is C18H19FN6O2. The molecule has 0 fully saturated rings. The number of hydrogen-bond acceptors (Lipinski definition) is 4. The third-order valence-electron chi connectivity index (χ3n) is 4.67. The first-order valence-corrected chi connectivity index (χ1v) is 8.71. The largest absolute Gasteiger partial charge is 0.329 e. The monoisotopic (exact) mass is 370 g/mol. The fourth-order valence-corrected chi connectivity index (χ4v) is 3.23. The van der Waals surface area contributed by atoms with Gasteiger partial charge in [0.2, 0.25) is 5.78 Å². The van der Waals surface area contributed by atoms with Gasteiger partial charge in [-0.25, -0.2) is 13.6 Å². The summed E-state index contributed by atoms with van der Waals surface area (Å²) in [5, 5.41) is 8.49.